The molecule has 8 heteroatoms. The van der Waals surface area contributed by atoms with Gasteiger partial charge < -0.3 is 15.2 Å². The van der Waals surface area contributed by atoms with Crippen molar-refractivity contribution in [3.8, 4) is 11.5 Å². The Morgan fingerprint density at radius 2 is 1.71 bits per heavy atom. The van der Waals surface area contributed by atoms with Crippen molar-refractivity contribution in [3.05, 3.63) is 24.3 Å². The van der Waals surface area contributed by atoms with Crippen molar-refractivity contribution in [3.63, 3.8) is 0 Å². The third-order valence-electron chi connectivity index (χ3n) is 2.02. The summed E-state index contributed by atoms with van der Waals surface area (Å²) < 4.78 is 47.7. The van der Waals surface area contributed by atoms with Crippen molar-refractivity contribution in [2.75, 3.05) is 0 Å². The minimum Gasteiger partial charge on any atom is -0.424 e. The topological polar surface area (TPSA) is 73.6 Å². The largest absolute Gasteiger partial charge is 0.492 e. The first-order valence-electron chi connectivity index (χ1n) is 4.45. The summed E-state index contributed by atoms with van der Waals surface area (Å²) in [7, 11) is 0. The van der Waals surface area contributed by atoms with E-state index in [9.17, 15) is 18.0 Å². The molecule has 0 bridgehead atoms. The van der Waals surface area contributed by atoms with E-state index in [1.807, 2.05) is 0 Å². The van der Waals surface area contributed by atoms with E-state index in [0.717, 1.165) is 0 Å². The van der Waals surface area contributed by atoms with Crippen molar-refractivity contribution in [1.29, 1.82) is 0 Å². The van der Waals surface area contributed by atoms with E-state index in [2.05, 4.69) is 15.2 Å². The van der Waals surface area contributed by atoms with Gasteiger partial charge in [-0.1, -0.05) is 12.1 Å². The molecule has 17 heavy (non-hydrogen) atoms. The molecule has 1 aromatic carbocycles. The molecule has 1 heterocycles. The Balaban J connectivity index is 2.38. The molecule has 0 aromatic heterocycles. The number of halogens is 3. The smallest absolute Gasteiger partial charge is 0.424 e. The number of rotatable bonds is 1. The fourth-order valence-electron chi connectivity index (χ4n) is 1.35. The first-order valence-corrected chi connectivity index (χ1v) is 4.45. The molecule has 1 aliphatic rings. The molecule has 0 saturated carbocycles. The number of alkyl halides is 3. The molecule has 5 nitrogen and oxygen atoms in total. The number of urea groups is 1. The van der Waals surface area contributed by atoms with E-state index < -0.39 is 18.1 Å². The number of carbonyl (C=O) groups is 1. The van der Waals surface area contributed by atoms with Crippen LogP contribution in [0.5, 0.6) is 11.5 Å². The van der Waals surface area contributed by atoms with E-state index in [0.29, 0.717) is 0 Å². The van der Waals surface area contributed by atoms with Crippen LogP contribution in [0.15, 0.2) is 24.3 Å². The minimum atomic E-state index is -4.97. The highest BCUT2D eigenvalue weighted by atomic mass is 19.4. The molecule has 3 N–H and O–H groups in total. The molecule has 0 spiro atoms. The number of nitrogens with one attached hydrogen (secondary N) is 1. The summed E-state index contributed by atoms with van der Waals surface area (Å²) in [6, 6.07) is 4.10. The number of carbonyl (C=O) groups excluding carboxylic acids is 1. The fraction of sp³-hybridized carbons (Fsp3) is 0.222. The molecule has 0 fully saturated rings. The second kappa shape index (κ2) is 3.44. The van der Waals surface area contributed by atoms with Crippen LogP contribution in [-0.2, 0) is 0 Å². The molecule has 0 aliphatic carbocycles. The van der Waals surface area contributed by atoms with Gasteiger partial charge in [-0.2, -0.15) is 13.2 Å². The van der Waals surface area contributed by atoms with Crippen molar-refractivity contribution in [2.24, 2.45) is 5.73 Å². The number of fused-ring (bicyclic) bond motifs is 1. The third kappa shape index (κ3) is 1.81. The van der Waals surface area contributed by atoms with Crippen molar-refractivity contribution in [1.82, 2.24) is 5.32 Å². The van der Waals surface area contributed by atoms with Gasteiger partial charge in [0.15, 0.2) is 11.5 Å². The Kier molecular flexibility index (Phi) is 2.30. The number of primary amides is 1. The summed E-state index contributed by atoms with van der Waals surface area (Å²) in [5, 5.41) is 1.41. The summed E-state index contributed by atoms with van der Waals surface area (Å²) in [4.78, 5) is 10.6. The zero-order chi connectivity index (χ0) is 12.7. The Bertz CT molecular complexity index is 436. The van der Waals surface area contributed by atoms with Gasteiger partial charge in [0.2, 0.25) is 0 Å². The van der Waals surface area contributed by atoms with Crippen LogP contribution in [0.25, 0.3) is 0 Å². The van der Waals surface area contributed by atoms with Gasteiger partial charge in [0.1, 0.15) is 0 Å². The van der Waals surface area contributed by atoms with Crippen LogP contribution in [0.3, 0.4) is 0 Å². The number of ether oxygens (including phenoxy) is 2. The minimum absolute atomic E-state index is 0.126. The molecule has 2 rings (SSSR count). The van der Waals surface area contributed by atoms with E-state index in [-0.39, 0.29) is 11.5 Å². The standard InChI is InChI=1S/C9H7F3N2O3/c10-8(11,12)9(14-7(13)15)16-5-3-1-2-4-6(5)17-9/h1-4H,(H3,13,14,15). The van der Waals surface area contributed by atoms with E-state index in [1.165, 1.54) is 29.6 Å². The first kappa shape index (κ1) is 11.4. The van der Waals surface area contributed by atoms with E-state index >= 15 is 0 Å². The Labute approximate surface area is 93.3 Å². The molecule has 92 valence electrons. The maximum absolute atomic E-state index is 12.8. The zero-order valence-electron chi connectivity index (χ0n) is 8.25. The van der Waals surface area contributed by atoms with Gasteiger partial charge in [-0.05, 0) is 12.1 Å². The predicted molar refractivity (Wildman–Crippen MR) is 49.2 cm³/mol. The van der Waals surface area contributed by atoms with Crippen molar-refractivity contribution >= 4 is 6.03 Å². The summed E-state index contributed by atoms with van der Waals surface area (Å²) in [5.41, 5.74) is 4.68. The molecule has 0 atom stereocenters. The molecule has 0 unspecified atom stereocenters. The van der Waals surface area contributed by atoms with Gasteiger partial charge in [-0.25, -0.2) is 4.79 Å². The van der Waals surface area contributed by atoms with Crippen LogP contribution in [0.2, 0.25) is 0 Å². The average Bonchev–Trinajstić information content (AvgIpc) is 2.54. The first-order chi connectivity index (χ1) is 7.84. The lowest BCUT2D eigenvalue weighted by Crippen LogP contribution is -2.65. The quantitative estimate of drug-likeness (QED) is 0.787. The molecular weight excluding hydrogens is 241 g/mol. The summed E-state index contributed by atoms with van der Waals surface area (Å²) in [5.74, 6) is -3.51. The van der Waals surface area contributed by atoms with Crippen LogP contribution >= 0.6 is 0 Å². The number of para-hydroxylation sites is 2. The Morgan fingerprint density at radius 3 is 2.06 bits per heavy atom. The highest BCUT2D eigenvalue weighted by Gasteiger charge is 2.65. The Hall–Kier alpha value is -2.12. The lowest BCUT2D eigenvalue weighted by molar-refractivity contribution is -0.317. The summed E-state index contributed by atoms with van der Waals surface area (Å²) in [6.45, 7) is 0. The average molecular weight is 248 g/mol. The van der Waals surface area contributed by atoms with Crippen molar-refractivity contribution in [2.45, 2.75) is 12.1 Å². The monoisotopic (exact) mass is 248 g/mol. The van der Waals surface area contributed by atoms with Crippen LogP contribution in [0, 0.1) is 0 Å². The number of amides is 2. The van der Waals surface area contributed by atoms with Crippen molar-refractivity contribution < 1.29 is 27.4 Å². The second-order valence-corrected chi connectivity index (χ2v) is 3.25. The Morgan fingerprint density at radius 1 is 1.24 bits per heavy atom. The van der Waals surface area contributed by atoms with Gasteiger partial charge in [-0.15, -0.1) is 0 Å². The highest BCUT2D eigenvalue weighted by molar-refractivity contribution is 5.72. The fourth-order valence-corrected chi connectivity index (χ4v) is 1.35. The predicted octanol–water partition coefficient (Wildman–Crippen LogP) is 1.34. The zero-order valence-corrected chi connectivity index (χ0v) is 8.25. The molecule has 0 radical (unpaired) electrons. The van der Waals surface area contributed by atoms with Crippen LogP contribution in [-0.4, -0.2) is 18.1 Å². The van der Waals surface area contributed by atoms with Crippen LogP contribution < -0.4 is 20.5 Å². The second-order valence-electron chi connectivity index (χ2n) is 3.25. The molecular formula is C9H7F3N2O3. The van der Waals surface area contributed by atoms with Gasteiger partial charge >= 0.3 is 18.1 Å². The third-order valence-corrected chi connectivity index (χ3v) is 2.02. The number of hydrogen-bond acceptors (Lipinski definition) is 3. The summed E-state index contributed by atoms with van der Waals surface area (Å²) in [6.07, 6.45) is -4.97. The lowest BCUT2D eigenvalue weighted by atomic mass is 10.3. The van der Waals surface area contributed by atoms with Gasteiger partial charge in [-0.3, -0.25) is 5.32 Å². The van der Waals surface area contributed by atoms with E-state index in [1.54, 1.807) is 0 Å². The van der Waals surface area contributed by atoms with Gasteiger partial charge in [0.05, 0.1) is 0 Å². The maximum atomic E-state index is 12.8. The van der Waals surface area contributed by atoms with Gasteiger partial charge in [0, 0.05) is 0 Å². The molecule has 1 aliphatic heterocycles. The highest BCUT2D eigenvalue weighted by Crippen LogP contribution is 2.44. The normalized spacial score (nSPS) is 16.6. The number of hydrogen-bond donors (Lipinski definition) is 2. The lowest BCUT2D eigenvalue weighted by Gasteiger charge is -2.28. The molecule has 1 aromatic rings. The maximum Gasteiger partial charge on any atom is 0.492 e. The number of nitrogens with two attached hydrogens (primary N) is 1. The number of benzene rings is 1. The SMILES string of the molecule is NC(=O)NC1(C(F)(F)F)Oc2ccccc2O1. The summed E-state index contributed by atoms with van der Waals surface area (Å²) >= 11 is 0. The van der Waals surface area contributed by atoms with Gasteiger partial charge in [0.25, 0.3) is 0 Å². The van der Waals surface area contributed by atoms with E-state index in [4.69, 9.17) is 0 Å². The van der Waals surface area contributed by atoms with Crippen LogP contribution in [0.1, 0.15) is 0 Å². The van der Waals surface area contributed by atoms with Crippen LogP contribution in [0.4, 0.5) is 18.0 Å². The molecule has 2 amide bonds. The molecule has 0 saturated heterocycles.